The molecule has 1 aromatic heterocycles. The number of ketones is 1. The van der Waals surface area contributed by atoms with Crippen molar-refractivity contribution in [3.63, 3.8) is 0 Å². The minimum atomic E-state index is -0.630. The molecule has 0 atom stereocenters. The lowest BCUT2D eigenvalue weighted by molar-refractivity contribution is -0.114. The Morgan fingerprint density at radius 1 is 1.35 bits per heavy atom. The number of carbonyl (C=O) groups is 1. The Kier molecular flexibility index (Phi) is 5.54. The molecule has 0 unspecified atom stereocenters. The third kappa shape index (κ3) is 3.98. The first-order chi connectivity index (χ1) is 11.1. The fraction of sp³-hybridized carbons (Fsp3) is 0.294. The van der Waals surface area contributed by atoms with Gasteiger partial charge in [0, 0.05) is 11.6 Å². The number of hydrogen-bond acceptors (Lipinski definition) is 6. The lowest BCUT2D eigenvalue weighted by atomic mass is 10.1. The van der Waals surface area contributed by atoms with Gasteiger partial charge in [0.1, 0.15) is 5.42 Å². The van der Waals surface area contributed by atoms with Gasteiger partial charge in [0.15, 0.2) is 16.9 Å². The summed E-state index contributed by atoms with van der Waals surface area (Å²) in [6, 6.07) is 1.29. The van der Waals surface area contributed by atoms with Crippen LogP contribution in [0.5, 0.6) is 5.75 Å². The maximum atomic E-state index is 12.1. The molecule has 6 heteroatoms. The second-order valence-electron chi connectivity index (χ2n) is 4.90. The summed E-state index contributed by atoms with van der Waals surface area (Å²) in [6.07, 6.45) is 6.65. The quantitative estimate of drug-likeness (QED) is 0.740. The average Bonchev–Trinajstić information content (AvgIpc) is 2.55. The number of hydrogen-bond donors (Lipinski definition) is 2. The minimum Gasteiger partial charge on any atom is -0.504 e. The Hall–Kier alpha value is -2.60. The summed E-state index contributed by atoms with van der Waals surface area (Å²) < 4.78 is 10.5. The summed E-state index contributed by atoms with van der Waals surface area (Å²) in [4.78, 5) is 23.7. The Balaban J connectivity index is 2.55. The van der Waals surface area contributed by atoms with Crippen LogP contribution in [0.4, 0.5) is 0 Å². The van der Waals surface area contributed by atoms with E-state index in [1.165, 1.54) is 31.4 Å². The highest BCUT2D eigenvalue weighted by atomic mass is 16.5. The van der Waals surface area contributed by atoms with Crippen molar-refractivity contribution < 1.29 is 19.1 Å². The molecule has 0 radical (unpaired) electrons. The van der Waals surface area contributed by atoms with Gasteiger partial charge in [0.2, 0.25) is 5.78 Å². The van der Waals surface area contributed by atoms with Crippen LogP contribution in [0.15, 0.2) is 39.3 Å². The van der Waals surface area contributed by atoms with E-state index in [0.717, 1.165) is 13.1 Å². The van der Waals surface area contributed by atoms with Crippen LogP contribution in [0.1, 0.15) is 13.3 Å². The highest BCUT2D eigenvalue weighted by Gasteiger charge is 2.14. The summed E-state index contributed by atoms with van der Waals surface area (Å²) >= 11 is 0. The molecule has 0 saturated carbocycles. The number of ether oxygens (including phenoxy) is 1. The van der Waals surface area contributed by atoms with Crippen LogP contribution in [0.3, 0.4) is 0 Å². The number of allylic oxidation sites excluding steroid dienone is 3. The normalized spacial score (nSPS) is 17.4. The van der Waals surface area contributed by atoms with Crippen LogP contribution in [0.25, 0.3) is 11.6 Å². The van der Waals surface area contributed by atoms with E-state index in [-0.39, 0.29) is 17.0 Å². The molecule has 122 valence electrons. The van der Waals surface area contributed by atoms with Gasteiger partial charge in [-0.1, -0.05) is 6.92 Å². The summed E-state index contributed by atoms with van der Waals surface area (Å²) in [6.45, 7) is 3.63. The van der Waals surface area contributed by atoms with Crippen LogP contribution >= 0.6 is 0 Å². The van der Waals surface area contributed by atoms with Crippen molar-refractivity contribution >= 4 is 17.4 Å². The molecular weight excluding hydrogens is 298 g/mol. The van der Waals surface area contributed by atoms with Gasteiger partial charge in [-0.15, -0.1) is 0 Å². The van der Waals surface area contributed by atoms with Gasteiger partial charge in [-0.05, 0) is 43.8 Å². The number of nitrogens with one attached hydrogen (secondary N) is 1. The topological polar surface area (TPSA) is 88.8 Å². The predicted molar refractivity (Wildman–Crippen MR) is 86.2 cm³/mol. The molecule has 0 amide bonds. The zero-order valence-corrected chi connectivity index (χ0v) is 13.1. The zero-order chi connectivity index (χ0) is 16.8. The van der Waals surface area contributed by atoms with Crippen molar-refractivity contribution in [3.05, 3.63) is 51.1 Å². The molecule has 0 fully saturated rings. The fourth-order valence-electron chi connectivity index (χ4n) is 2.10. The van der Waals surface area contributed by atoms with E-state index in [1.54, 1.807) is 6.08 Å². The average molecular weight is 317 g/mol. The predicted octanol–water partition coefficient (Wildman–Crippen LogP) is -0.0546. The Labute approximate surface area is 133 Å². The van der Waals surface area contributed by atoms with Crippen molar-refractivity contribution in [2.24, 2.45) is 0 Å². The smallest absolute Gasteiger partial charge is 0.263 e. The van der Waals surface area contributed by atoms with Crippen molar-refractivity contribution in [1.82, 2.24) is 5.32 Å². The lowest BCUT2D eigenvalue weighted by Gasteiger charge is -2.07. The largest absolute Gasteiger partial charge is 0.504 e. The van der Waals surface area contributed by atoms with E-state index in [0.29, 0.717) is 17.4 Å². The number of rotatable bonds is 5. The summed E-state index contributed by atoms with van der Waals surface area (Å²) in [5.74, 6) is -0.578. The van der Waals surface area contributed by atoms with E-state index in [1.807, 2.05) is 6.92 Å². The standard InChI is InChI=1S/C17H19NO5/c1-3-18-8-4-5-12-10-14(20)16(21)17(23-12)11-6-7-13(19)15(9-11)22-2/h5-7,9-10,18,20H,3-4,8H2,1-2H3/b12-5-,17-11-. The van der Waals surface area contributed by atoms with E-state index < -0.39 is 11.2 Å². The van der Waals surface area contributed by atoms with Crippen molar-refractivity contribution in [2.45, 2.75) is 13.3 Å². The highest BCUT2D eigenvalue weighted by molar-refractivity contribution is 6.07. The second-order valence-corrected chi connectivity index (χ2v) is 4.90. The fourth-order valence-corrected chi connectivity index (χ4v) is 2.10. The first kappa shape index (κ1) is 16.8. The second kappa shape index (κ2) is 7.60. The van der Waals surface area contributed by atoms with Gasteiger partial charge in [-0.25, -0.2) is 0 Å². The van der Waals surface area contributed by atoms with Crippen LogP contribution < -0.4 is 21.6 Å². The van der Waals surface area contributed by atoms with Gasteiger partial charge in [0.25, 0.3) is 5.43 Å². The zero-order valence-electron chi connectivity index (χ0n) is 13.1. The molecule has 6 nitrogen and oxygen atoms in total. The molecule has 0 aliphatic heterocycles. The molecule has 0 bridgehead atoms. The first-order valence-electron chi connectivity index (χ1n) is 7.33. The highest BCUT2D eigenvalue weighted by Crippen LogP contribution is 2.12. The minimum absolute atomic E-state index is 0.0296. The summed E-state index contributed by atoms with van der Waals surface area (Å²) in [7, 11) is 1.37. The molecule has 1 aliphatic carbocycles. The third-order valence-electron chi connectivity index (χ3n) is 3.28. The van der Waals surface area contributed by atoms with E-state index in [2.05, 4.69) is 5.32 Å². The number of carbonyl (C=O) groups excluding carboxylic acids is 1. The van der Waals surface area contributed by atoms with Crippen molar-refractivity contribution in [1.29, 1.82) is 0 Å². The Morgan fingerprint density at radius 3 is 2.83 bits per heavy atom. The number of methoxy groups -OCH3 is 1. The van der Waals surface area contributed by atoms with E-state index in [9.17, 15) is 14.7 Å². The van der Waals surface area contributed by atoms with E-state index in [4.69, 9.17) is 9.15 Å². The van der Waals surface area contributed by atoms with Crippen LogP contribution in [0.2, 0.25) is 0 Å². The Bertz CT molecular complexity index is 830. The van der Waals surface area contributed by atoms with Crippen LogP contribution in [-0.2, 0) is 9.53 Å². The molecule has 1 heterocycles. The maximum Gasteiger partial charge on any atom is 0.263 e. The number of aromatic hydroxyl groups is 1. The molecule has 2 N–H and O–H groups in total. The molecule has 0 aromatic carbocycles. The molecule has 0 spiro atoms. The molecule has 23 heavy (non-hydrogen) atoms. The molecule has 1 aromatic rings. The Morgan fingerprint density at radius 2 is 2.13 bits per heavy atom. The van der Waals surface area contributed by atoms with Gasteiger partial charge in [-0.3, -0.25) is 9.59 Å². The molecule has 0 saturated heterocycles. The van der Waals surface area contributed by atoms with Crippen molar-refractivity contribution in [3.8, 4) is 5.75 Å². The van der Waals surface area contributed by atoms with Gasteiger partial charge >= 0.3 is 0 Å². The van der Waals surface area contributed by atoms with Crippen LogP contribution in [0, 0.1) is 0 Å². The van der Waals surface area contributed by atoms with Crippen molar-refractivity contribution in [2.75, 3.05) is 20.2 Å². The van der Waals surface area contributed by atoms with Gasteiger partial charge in [0.05, 0.1) is 7.11 Å². The summed E-state index contributed by atoms with van der Waals surface area (Å²) in [5, 5.41) is 13.0. The van der Waals surface area contributed by atoms with E-state index >= 15 is 0 Å². The van der Waals surface area contributed by atoms with Gasteiger partial charge in [-0.2, -0.15) is 0 Å². The molecule has 1 aliphatic rings. The molecule has 2 rings (SSSR count). The van der Waals surface area contributed by atoms with Gasteiger partial charge < -0.3 is 19.6 Å². The SMILES string of the molecule is CCNCC/C=c1/cc(O)c(=O)/c(=C2\C=CC(=O)C(OC)=C2)o1. The monoisotopic (exact) mass is 317 g/mol. The van der Waals surface area contributed by atoms with Crippen LogP contribution in [-0.4, -0.2) is 31.1 Å². The molecular formula is C17H19NO5. The lowest BCUT2D eigenvalue weighted by Crippen LogP contribution is -2.30. The first-order valence-corrected chi connectivity index (χ1v) is 7.33. The third-order valence-corrected chi connectivity index (χ3v) is 3.28. The maximum absolute atomic E-state index is 12.1. The summed E-state index contributed by atoms with van der Waals surface area (Å²) in [5.41, 5.74) is 0.108.